The molecule has 0 amide bonds. The zero-order valence-electron chi connectivity index (χ0n) is 12.2. The largest absolute Gasteiger partial charge is 0.377 e. The van der Waals surface area contributed by atoms with Crippen LogP contribution in [0.5, 0.6) is 0 Å². The summed E-state index contributed by atoms with van der Waals surface area (Å²) in [5.74, 6) is 0.935. The van der Waals surface area contributed by atoms with E-state index in [1.807, 2.05) is 0 Å². The molecule has 1 aliphatic rings. The second-order valence-electron chi connectivity index (χ2n) is 5.67. The van der Waals surface area contributed by atoms with Crippen LogP contribution in [0.3, 0.4) is 0 Å². The number of rotatable bonds is 8. The van der Waals surface area contributed by atoms with Crippen LogP contribution in [0.1, 0.15) is 71.6 Å². The van der Waals surface area contributed by atoms with Gasteiger partial charge in [-0.15, -0.1) is 0 Å². The summed E-state index contributed by atoms with van der Waals surface area (Å²) in [6.45, 7) is 5.32. The van der Waals surface area contributed by atoms with E-state index < -0.39 is 0 Å². The Morgan fingerprint density at radius 3 is 2.61 bits per heavy atom. The zero-order valence-corrected chi connectivity index (χ0v) is 12.2. The van der Waals surface area contributed by atoms with Crippen molar-refractivity contribution in [2.45, 2.75) is 77.7 Å². The quantitative estimate of drug-likeness (QED) is 0.586. The fourth-order valence-corrected chi connectivity index (χ4v) is 2.98. The monoisotopic (exact) mass is 251 g/mol. The lowest BCUT2D eigenvalue weighted by Crippen LogP contribution is -2.31. The lowest BCUT2D eigenvalue weighted by atomic mass is 9.78. The summed E-state index contributed by atoms with van der Waals surface area (Å²) in [6, 6.07) is 2.44. The van der Waals surface area contributed by atoms with Crippen molar-refractivity contribution in [2.75, 3.05) is 6.61 Å². The van der Waals surface area contributed by atoms with Crippen molar-refractivity contribution in [3.8, 4) is 6.07 Å². The van der Waals surface area contributed by atoms with E-state index in [9.17, 15) is 5.26 Å². The van der Waals surface area contributed by atoms with Gasteiger partial charge in [-0.25, -0.2) is 0 Å². The van der Waals surface area contributed by atoms with Gasteiger partial charge in [0.15, 0.2) is 0 Å². The molecule has 0 aliphatic heterocycles. The molecular formula is C16H29NO. The van der Waals surface area contributed by atoms with Crippen molar-refractivity contribution in [1.82, 2.24) is 0 Å². The van der Waals surface area contributed by atoms with Crippen LogP contribution in [0, 0.1) is 23.2 Å². The molecular weight excluding hydrogens is 222 g/mol. The SMILES string of the molecule is CCCCCCOC1CC(CCC)CCC1C#N. The molecule has 0 radical (unpaired) electrons. The third-order valence-electron chi connectivity index (χ3n) is 4.09. The second-order valence-corrected chi connectivity index (χ2v) is 5.67. The maximum absolute atomic E-state index is 9.19. The Labute approximate surface area is 113 Å². The first kappa shape index (κ1) is 15.5. The molecule has 2 nitrogen and oxygen atoms in total. The van der Waals surface area contributed by atoms with E-state index >= 15 is 0 Å². The summed E-state index contributed by atoms with van der Waals surface area (Å²) in [6.07, 6.45) is 11.1. The smallest absolute Gasteiger partial charge is 0.0735 e. The third-order valence-corrected chi connectivity index (χ3v) is 4.09. The summed E-state index contributed by atoms with van der Waals surface area (Å²) in [5, 5.41) is 9.19. The van der Waals surface area contributed by atoms with Gasteiger partial charge < -0.3 is 4.74 Å². The minimum atomic E-state index is 0.143. The van der Waals surface area contributed by atoms with Gasteiger partial charge in [0.25, 0.3) is 0 Å². The Morgan fingerprint density at radius 2 is 1.94 bits per heavy atom. The van der Waals surface area contributed by atoms with Crippen LogP contribution < -0.4 is 0 Å². The van der Waals surface area contributed by atoms with Gasteiger partial charge in [0, 0.05) is 6.61 Å². The molecule has 3 atom stereocenters. The normalized spacial score (nSPS) is 27.9. The molecule has 1 fully saturated rings. The molecule has 0 heterocycles. The van der Waals surface area contributed by atoms with Crippen molar-refractivity contribution in [3.05, 3.63) is 0 Å². The van der Waals surface area contributed by atoms with Gasteiger partial charge in [0.1, 0.15) is 0 Å². The second kappa shape index (κ2) is 9.39. The van der Waals surface area contributed by atoms with Crippen molar-refractivity contribution in [1.29, 1.82) is 5.26 Å². The van der Waals surface area contributed by atoms with E-state index in [1.165, 1.54) is 38.5 Å². The molecule has 1 saturated carbocycles. The molecule has 18 heavy (non-hydrogen) atoms. The van der Waals surface area contributed by atoms with E-state index in [0.29, 0.717) is 0 Å². The molecule has 3 unspecified atom stereocenters. The van der Waals surface area contributed by atoms with E-state index in [2.05, 4.69) is 19.9 Å². The first-order chi connectivity index (χ1) is 8.81. The van der Waals surface area contributed by atoms with Gasteiger partial charge >= 0.3 is 0 Å². The Hall–Kier alpha value is -0.550. The van der Waals surface area contributed by atoms with E-state index in [4.69, 9.17) is 4.74 Å². The van der Waals surface area contributed by atoms with Crippen molar-refractivity contribution in [3.63, 3.8) is 0 Å². The Balaban J connectivity index is 2.27. The maximum Gasteiger partial charge on any atom is 0.0735 e. The van der Waals surface area contributed by atoms with E-state index in [-0.39, 0.29) is 12.0 Å². The van der Waals surface area contributed by atoms with Crippen LogP contribution in [0.4, 0.5) is 0 Å². The lowest BCUT2D eigenvalue weighted by molar-refractivity contribution is -0.0123. The van der Waals surface area contributed by atoms with Crippen LogP contribution in [0.25, 0.3) is 0 Å². The fourth-order valence-electron chi connectivity index (χ4n) is 2.98. The molecule has 1 rings (SSSR count). The van der Waals surface area contributed by atoms with Crippen molar-refractivity contribution in [2.24, 2.45) is 11.8 Å². The molecule has 0 N–H and O–H groups in total. The molecule has 0 bridgehead atoms. The highest BCUT2D eigenvalue weighted by Gasteiger charge is 2.30. The summed E-state index contributed by atoms with van der Waals surface area (Å²) in [4.78, 5) is 0. The molecule has 1 aliphatic carbocycles. The highest BCUT2D eigenvalue weighted by atomic mass is 16.5. The van der Waals surface area contributed by atoms with E-state index in [1.54, 1.807) is 0 Å². The third kappa shape index (κ3) is 5.40. The van der Waals surface area contributed by atoms with Gasteiger partial charge in [0.05, 0.1) is 18.1 Å². The van der Waals surface area contributed by atoms with Crippen LogP contribution >= 0.6 is 0 Å². The average molecular weight is 251 g/mol. The van der Waals surface area contributed by atoms with Crippen LogP contribution in [0.15, 0.2) is 0 Å². The topological polar surface area (TPSA) is 33.0 Å². The average Bonchev–Trinajstić information content (AvgIpc) is 2.39. The number of nitriles is 1. The van der Waals surface area contributed by atoms with Gasteiger partial charge in [-0.2, -0.15) is 5.26 Å². The first-order valence-corrected chi connectivity index (χ1v) is 7.83. The van der Waals surface area contributed by atoms with Crippen LogP contribution in [-0.2, 0) is 4.74 Å². The molecule has 0 aromatic carbocycles. The van der Waals surface area contributed by atoms with Gasteiger partial charge in [0.2, 0.25) is 0 Å². The van der Waals surface area contributed by atoms with Gasteiger partial charge in [-0.3, -0.25) is 0 Å². The first-order valence-electron chi connectivity index (χ1n) is 7.83. The Bertz CT molecular complexity index is 246. The molecule has 0 saturated heterocycles. The van der Waals surface area contributed by atoms with Crippen molar-refractivity contribution < 1.29 is 4.74 Å². The highest BCUT2D eigenvalue weighted by Crippen LogP contribution is 2.33. The lowest BCUT2D eigenvalue weighted by Gasteiger charge is -2.32. The standard InChI is InChI=1S/C16H29NO/c1-3-5-6-7-11-18-16-12-14(8-4-2)9-10-15(16)13-17/h14-16H,3-12H2,1-2H3. The number of ether oxygens (including phenoxy) is 1. The predicted octanol–water partition coefficient (Wildman–Crippen LogP) is 4.69. The Kier molecular flexibility index (Phi) is 8.09. The summed E-state index contributed by atoms with van der Waals surface area (Å²) < 4.78 is 5.99. The summed E-state index contributed by atoms with van der Waals surface area (Å²) >= 11 is 0. The predicted molar refractivity (Wildman–Crippen MR) is 75.2 cm³/mol. The van der Waals surface area contributed by atoms with Gasteiger partial charge in [-0.1, -0.05) is 46.0 Å². The summed E-state index contributed by atoms with van der Waals surface area (Å²) in [7, 11) is 0. The minimum Gasteiger partial charge on any atom is -0.377 e. The van der Waals surface area contributed by atoms with Crippen LogP contribution in [-0.4, -0.2) is 12.7 Å². The van der Waals surface area contributed by atoms with Crippen LogP contribution in [0.2, 0.25) is 0 Å². The van der Waals surface area contributed by atoms with Crippen molar-refractivity contribution >= 4 is 0 Å². The highest BCUT2D eigenvalue weighted by molar-refractivity contribution is 4.93. The Morgan fingerprint density at radius 1 is 1.11 bits per heavy atom. The summed E-state index contributed by atoms with van der Waals surface area (Å²) in [5.41, 5.74) is 0. The molecule has 0 spiro atoms. The molecule has 0 aromatic rings. The molecule has 2 heteroatoms. The number of hydrogen-bond donors (Lipinski definition) is 0. The minimum absolute atomic E-state index is 0.143. The van der Waals surface area contributed by atoms with E-state index in [0.717, 1.165) is 31.8 Å². The molecule has 0 aromatic heterocycles. The zero-order chi connectivity index (χ0) is 13.2. The number of nitrogens with zero attached hydrogens (tertiary/aromatic N) is 1. The maximum atomic E-state index is 9.19. The number of hydrogen-bond acceptors (Lipinski definition) is 2. The fraction of sp³-hybridized carbons (Fsp3) is 0.938. The molecule has 104 valence electrons. The number of unbranched alkanes of at least 4 members (excludes halogenated alkanes) is 3. The van der Waals surface area contributed by atoms with Gasteiger partial charge in [-0.05, 0) is 31.6 Å².